The van der Waals surface area contributed by atoms with E-state index in [0.717, 1.165) is 16.7 Å². The fourth-order valence-corrected chi connectivity index (χ4v) is 4.49. The predicted molar refractivity (Wildman–Crippen MR) is 135 cm³/mol. The van der Waals surface area contributed by atoms with Gasteiger partial charge in [-0.1, -0.05) is 42.0 Å². The summed E-state index contributed by atoms with van der Waals surface area (Å²) in [6.45, 7) is 3.17. The van der Waals surface area contributed by atoms with E-state index in [2.05, 4.69) is 15.4 Å². The Hall–Kier alpha value is -3.92. The number of rotatable bonds is 8. The molecule has 0 spiro atoms. The zero-order valence-corrected chi connectivity index (χ0v) is 20.5. The topological polar surface area (TPSA) is 90.5 Å². The number of carbonyl (C=O) groups excluding carboxylic acids is 1. The lowest BCUT2D eigenvalue weighted by Crippen LogP contribution is -2.31. The van der Waals surface area contributed by atoms with E-state index in [9.17, 15) is 18.4 Å². The van der Waals surface area contributed by atoms with E-state index in [0.29, 0.717) is 30.0 Å². The van der Waals surface area contributed by atoms with Gasteiger partial charge in [0.15, 0.2) is 5.82 Å². The maximum Gasteiger partial charge on any atom is 0.275 e. The molecular weight excluding hydrogens is 480 g/mol. The summed E-state index contributed by atoms with van der Waals surface area (Å²) >= 11 is 0. The number of nitrogens with one attached hydrogen (secondary N) is 1. The van der Waals surface area contributed by atoms with Gasteiger partial charge in [0.25, 0.3) is 12.0 Å². The molecule has 1 saturated carbocycles. The van der Waals surface area contributed by atoms with Gasteiger partial charge in [0.05, 0.1) is 6.10 Å². The summed E-state index contributed by atoms with van der Waals surface area (Å²) in [4.78, 5) is 29.9. The molecule has 4 aromatic rings. The van der Waals surface area contributed by atoms with Crippen LogP contribution in [-0.2, 0) is 16.1 Å². The fraction of sp³-hybridized carbons (Fsp3) is 0.333. The first-order valence-corrected chi connectivity index (χ1v) is 12.1. The normalized spacial score (nSPS) is 17.2. The second-order valence-electron chi connectivity index (χ2n) is 9.41. The fourth-order valence-electron chi connectivity index (χ4n) is 4.49. The van der Waals surface area contributed by atoms with Gasteiger partial charge in [-0.2, -0.15) is 9.50 Å². The molecule has 5 rings (SSSR count). The minimum atomic E-state index is -2.45. The minimum Gasteiger partial charge on any atom is -0.372 e. The molecule has 1 fully saturated rings. The van der Waals surface area contributed by atoms with Gasteiger partial charge in [-0.25, -0.2) is 8.78 Å². The van der Waals surface area contributed by atoms with Crippen molar-refractivity contribution < 1.29 is 18.3 Å². The van der Waals surface area contributed by atoms with Crippen molar-refractivity contribution in [3.05, 3.63) is 81.8 Å². The summed E-state index contributed by atoms with van der Waals surface area (Å²) in [6.07, 6.45) is -1.16. The van der Waals surface area contributed by atoms with E-state index >= 15 is 0 Å². The number of benzene rings is 2. The third-order valence-corrected chi connectivity index (χ3v) is 6.63. The molecule has 0 unspecified atom stereocenters. The second kappa shape index (κ2) is 10.2. The van der Waals surface area contributed by atoms with Crippen LogP contribution in [0.15, 0.2) is 59.4 Å². The van der Waals surface area contributed by atoms with Crippen molar-refractivity contribution >= 4 is 17.4 Å². The van der Waals surface area contributed by atoms with Gasteiger partial charge in [-0.05, 0) is 50.3 Å². The lowest BCUT2D eigenvalue weighted by atomic mass is 9.77. The number of aryl methyl sites for hydroxylation is 2. The maximum absolute atomic E-state index is 12.7. The van der Waals surface area contributed by atoms with Crippen molar-refractivity contribution in [3.63, 3.8) is 0 Å². The molecule has 1 aliphatic rings. The Morgan fingerprint density at radius 3 is 2.49 bits per heavy atom. The van der Waals surface area contributed by atoms with Crippen molar-refractivity contribution in [2.45, 2.75) is 51.7 Å². The Labute approximate surface area is 211 Å². The highest BCUT2D eigenvalue weighted by Crippen LogP contribution is 2.39. The van der Waals surface area contributed by atoms with E-state index < -0.39 is 13.0 Å². The van der Waals surface area contributed by atoms with Crippen LogP contribution < -0.4 is 10.9 Å². The molecule has 1 amide bonds. The number of hydrogen-bond donors (Lipinski definition) is 1. The molecule has 8 nitrogen and oxygen atoms in total. The number of ether oxygens (including phenoxy) is 1. The third-order valence-electron chi connectivity index (χ3n) is 6.63. The molecule has 2 aromatic carbocycles. The van der Waals surface area contributed by atoms with Gasteiger partial charge in [-0.3, -0.25) is 9.59 Å². The number of amides is 1. The molecule has 192 valence electrons. The number of aromatic nitrogens is 4. The predicted octanol–water partition coefficient (Wildman–Crippen LogP) is 4.34. The number of fused-ring (bicyclic) bond motifs is 1. The largest absolute Gasteiger partial charge is 0.372 e. The zero-order chi connectivity index (χ0) is 26.1. The first-order valence-electron chi connectivity index (χ1n) is 12.1. The van der Waals surface area contributed by atoms with Crippen LogP contribution in [0.3, 0.4) is 0 Å². The van der Waals surface area contributed by atoms with Gasteiger partial charge >= 0.3 is 0 Å². The number of halogens is 2. The Balaban J connectivity index is 1.33. The van der Waals surface area contributed by atoms with Crippen molar-refractivity contribution in [1.82, 2.24) is 19.2 Å². The van der Waals surface area contributed by atoms with Gasteiger partial charge in [0, 0.05) is 23.0 Å². The molecule has 2 aromatic heterocycles. The minimum absolute atomic E-state index is 0.0307. The smallest absolute Gasteiger partial charge is 0.275 e. The number of alkyl halides is 2. The van der Waals surface area contributed by atoms with E-state index in [1.54, 1.807) is 11.5 Å². The Bertz CT molecular complexity index is 1470. The summed E-state index contributed by atoms with van der Waals surface area (Å²) in [5.74, 6) is 0.661. The van der Waals surface area contributed by atoms with Crippen molar-refractivity contribution in [3.8, 4) is 11.4 Å². The summed E-state index contributed by atoms with van der Waals surface area (Å²) in [5, 5.41) is 7.26. The van der Waals surface area contributed by atoms with Crippen LogP contribution in [0.2, 0.25) is 0 Å². The molecule has 0 bridgehead atoms. The highest BCUT2D eigenvalue weighted by Gasteiger charge is 2.31. The number of nitrogens with zero attached hydrogens (tertiary/aromatic N) is 4. The van der Waals surface area contributed by atoms with Gasteiger partial charge in [-0.15, -0.1) is 5.10 Å². The van der Waals surface area contributed by atoms with Crippen LogP contribution >= 0.6 is 0 Å². The first-order chi connectivity index (χ1) is 17.8. The van der Waals surface area contributed by atoms with E-state index in [-0.39, 0.29) is 35.8 Å². The summed E-state index contributed by atoms with van der Waals surface area (Å²) in [7, 11) is 0. The van der Waals surface area contributed by atoms with Crippen LogP contribution in [0, 0.1) is 13.8 Å². The van der Waals surface area contributed by atoms with E-state index in [4.69, 9.17) is 4.74 Å². The number of carbonyl (C=O) groups is 1. The molecule has 0 atom stereocenters. The number of hydrogen-bond acceptors (Lipinski definition) is 5. The van der Waals surface area contributed by atoms with Crippen molar-refractivity contribution in [2.75, 3.05) is 11.9 Å². The highest BCUT2D eigenvalue weighted by molar-refractivity contribution is 5.90. The van der Waals surface area contributed by atoms with Crippen molar-refractivity contribution in [2.24, 2.45) is 0 Å². The highest BCUT2D eigenvalue weighted by atomic mass is 19.3. The van der Waals surface area contributed by atoms with Crippen LogP contribution in [0.4, 0.5) is 14.5 Å². The molecule has 0 saturated heterocycles. The first kappa shape index (κ1) is 24.8. The van der Waals surface area contributed by atoms with Gasteiger partial charge < -0.3 is 14.6 Å². The summed E-state index contributed by atoms with van der Waals surface area (Å²) < 4.78 is 32.7. The van der Waals surface area contributed by atoms with Crippen LogP contribution in [0.5, 0.6) is 0 Å². The Morgan fingerprint density at radius 2 is 1.81 bits per heavy atom. The average Bonchev–Trinajstić information content (AvgIpc) is 3.28. The van der Waals surface area contributed by atoms with Crippen LogP contribution in [-0.4, -0.2) is 44.2 Å². The molecule has 1 aliphatic carbocycles. The second-order valence-corrected chi connectivity index (χ2v) is 9.41. The number of anilines is 1. The Morgan fingerprint density at radius 1 is 1.11 bits per heavy atom. The lowest BCUT2D eigenvalue weighted by molar-refractivity contribution is -0.116. The molecule has 37 heavy (non-hydrogen) atoms. The standard InChI is InChI=1S/C27H27F2N5O3/c1-16-3-9-21(10-4-16)30-24(35)14-33-17(2)11-25(36)34-27(33)31-26(32-34)19-7-5-18(6-8-19)20-12-22(13-20)37-15-23(28)29/h3-11,20,22-23H,12-15H2,1-2H3,(H,30,35). The molecule has 1 N–H and O–H groups in total. The van der Waals surface area contributed by atoms with Crippen molar-refractivity contribution in [1.29, 1.82) is 0 Å². The molecule has 10 heteroatoms. The summed E-state index contributed by atoms with van der Waals surface area (Å²) in [5.41, 5.74) is 3.86. The summed E-state index contributed by atoms with van der Waals surface area (Å²) in [6, 6.07) is 16.6. The van der Waals surface area contributed by atoms with Crippen LogP contribution in [0.1, 0.15) is 35.6 Å². The Kier molecular flexibility index (Phi) is 6.84. The maximum atomic E-state index is 12.7. The van der Waals surface area contributed by atoms with Gasteiger partial charge in [0.2, 0.25) is 11.7 Å². The van der Waals surface area contributed by atoms with E-state index in [1.807, 2.05) is 55.5 Å². The quantitative estimate of drug-likeness (QED) is 0.383. The zero-order valence-electron chi connectivity index (χ0n) is 20.5. The SMILES string of the molecule is Cc1ccc(NC(=O)Cn2c(C)cc(=O)n3nc(-c4ccc(C5CC(OCC(F)F)C5)cc4)nc23)cc1. The molecule has 2 heterocycles. The van der Waals surface area contributed by atoms with Gasteiger partial charge in [0.1, 0.15) is 13.2 Å². The molecular formula is C27H27F2N5O3. The monoisotopic (exact) mass is 507 g/mol. The third kappa shape index (κ3) is 5.43. The van der Waals surface area contributed by atoms with Crippen LogP contribution in [0.25, 0.3) is 17.2 Å². The molecule has 0 aliphatic heterocycles. The van der Waals surface area contributed by atoms with E-state index in [1.165, 1.54) is 10.6 Å². The average molecular weight is 508 g/mol. The lowest BCUT2D eigenvalue weighted by Gasteiger charge is -2.35. The molecule has 0 radical (unpaired) electrons.